The highest BCUT2D eigenvalue weighted by molar-refractivity contribution is 7.91. The van der Waals surface area contributed by atoms with Crippen LogP contribution in [0.4, 0.5) is 5.69 Å². The summed E-state index contributed by atoms with van der Waals surface area (Å²) in [5.74, 6) is -0.827. The quantitative estimate of drug-likeness (QED) is 0.807. The SMILES string of the molecule is CCS(=O)(=O)c1ccccc1NC(CC(=O)O)C(C)C. The Bertz CT molecular complexity index is 566. The van der Waals surface area contributed by atoms with Crippen LogP contribution in [0, 0.1) is 5.92 Å². The van der Waals surface area contributed by atoms with Gasteiger partial charge in [-0.1, -0.05) is 32.9 Å². The van der Waals surface area contributed by atoms with Crippen LogP contribution in [-0.4, -0.2) is 31.3 Å². The van der Waals surface area contributed by atoms with Crippen molar-refractivity contribution in [3.8, 4) is 0 Å². The number of carbonyl (C=O) groups is 1. The summed E-state index contributed by atoms with van der Waals surface area (Å²) in [4.78, 5) is 11.1. The fraction of sp³-hybridized carbons (Fsp3) is 0.500. The van der Waals surface area contributed by atoms with Crippen LogP contribution < -0.4 is 5.32 Å². The average Bonchev–Trinajstić information content (AvgIpc) is 2.37. The van der Waals surface area contributed by atoms with Gasteiger partial charge in [0.2, 0.25) is 0 Å². The van der Waals surface area contributed by atoms with Crippen LogP contribution in [0.2, 0.25) is 0 Å². The summed E-state index contributed by atoms with van der Waals surface area (Å²) in [7, 11) is -3.34. The van der Waals surface area contributed by atoms with Crippen molar-refractivity contribution < 1.29 is 18.3 Å². The molecule has 0 saturated carbocycles. The van der Waals surface area contributed by atoms with Crippen LogP contribution in [0.3, 0.4) is 0 Å². The lowest BCUT2D eigenvalue weighted by molar-refractivity contribution is -0.137. The first kappa shape index (κ1) is 16.5. The number of nitrogens with one attached hydrogen (secondary N) is 1. The summed E-state index contributed by atoms with van der Waals surface area (Å²) in [6.07, 6.45) is -0.0574. The van der Waals surface area contributed by atoms with Crippen molar-refractivity contribution in [2.24, 2.45) is 5.92 Å². The molecule has 0 spiro atoms. The lowest BCUT2D eigenvalue weighted by Crippen LogP contribution is -2.29. The van der Waals surface area contributed by atoms with E-state index in [2.05, 4.69) is 5.32 Å². The number of sulfone groups is 1. The first-order valence-corrected chi connectivity index (χ1v) is 8.23. The molecule has 1 aromatic rings. The minimum absolute atomic E-state index is 0.0109. The van der Waals surface area contributed by atoms with Gasteiger partial charge >= 0.3 is 5.97 Å². The van der Waals surface area contributed by atoms with Gasteiger partial charge in [0.05, 0.1) is 22.8 Å². The Hall–Kier alpha value is -1.56. The van der Waals surface area contributed by atoms with Gasteiger partial charge in [-0.25, -0.2) is 8.42 Å². The van der Waals surface area contributed by atoms with E-state index in [-0.39, 0.29) is 29.0 Å². The fourth-order valence-corrected chi connectivity index (χ4v) is 2.91. The molecule has 0 aliphatic carbocycles. The molecule has 0 amide bonds. The topological polar surface area (TPSA) is 83.5 Å². The monoisotopic (exact) mass is 299 g/mol. The number of anilines is 1. The maximum Gasteiger partial charge on any atom is 0.305 e. The minimum atomic E-state index is -3.34. The maximum atomic E-state index is 12.0. The van der Waals surface area contributed by atoms with Crippen LogP contribution in [-0.2, 0) is 14.6 Å². The second-order valence-corrected chi connectivity index (χ2v) is 7.24. The van der Waals surface area contributed by atoms with Crippen molar-refractivity contribution in [2.75, 3.05) is 11.1 Å². The number of carboxylic acid groups (broad SMARTS) is 1. The molecule has 0 aromatic heterocycles. The van der Waals surface area contributed by atoms with Crippen LogP contribution in [0.5, 0.6) is 0 Å². The van der Waals surface area contributed by atoms with E-state index in [1.807, 2.05) is 13.8 Å². The number of hydrogen-bond donors (Lipinski definition) is 2. The summed E-state index contributed by atoms with van der Waals surface area (Å²) in [5, 5.41) is 12.0. The fourth-order valence-electron chi connectivity index (χ4n) is 1.85. The van der Waals surface area contributed by atoms with Crippen LogP contribution in [0.25, 0.3) is 0 Å². The van der Waals surface area contributed by atoms with Gasteiger partial charge in [0, 0.05) is 6.04 Å². The number of rotatable bonds is 7. The normalized spacial score (nSPS) is 13.2. The molecule has 0 aliphatic rings. The van der Waals surface area contributed by atoms with E-state index in [0.29, 0.717) is 5.69 Å². The predicted molar refractivity (Wildman–Crippen MR) is 78.7 cm³/mol. The third-order valence-corrected chi connectivity index (χ3v) is 4.93. The largest absolute Gasteiger partial charge is 0.481 e. The molecule has 0 fully saturated rings. The van der Waals surface area contributed by atoms with Gasteiger partial charge in [-0.2, -0.15) is 0 Å². The smallest absolute Gasteiger partial charge is 0.305 e. The Morgan fingerprint density at radius 3 is 2.40 bits per heavy atom. The minimum Gasteiger partial charge on any atom is -0.481 e. The van der Waals surface area contributed by atoms with Gasteiger partial charge in [0.1, 0.15) is 0 Å². The zero-order valence-corrected chi connectivity index (χ0v) is 12.8. The Morgan fingerprint density at radius 1 is 1.30 bits per heavy atom. The van der Waals surface area contributed by atoms with Gasteiger partial charge in [0.25, 0.3) is 0 Å². The van der Waals surface area contributed by atoms with Crippen molar-refractivity contribution in [2.45, 2.75) is 38.1 Å². The van der Waals surface area contributed by atoms with Crippen molar-refractivity contribution in [1.29, 1.82) is 0 Å². The Labute approximate surface area is 119 Å². The number of aliphatic carboxylic acids is 1. The molecule has 0 aliphatic heterocycles. The molecule has 5 nitrogen and oxygen atoms in total. The molecule has 1 atom stereocenters. The van der Waals surface area contributed by atoms with Crippen LogP contribution >= 0.6 is 0 Å². The van der Waals surface area contributed by atoms with Gasteiger partial charge < -0.3 is 10.4 Å². The lowest BCUT2D eigenvalue weighted by atomic mass is 10.0. The lowest BCUT2D eigenvalue weighted by Gasteiger charge is -2.23. The molecule has 1 rings (SSSR count). The second-order valence-electron chi connectivity index (χ2n) is 4.99. The van der Waals surface area contributed by atoms with E-state index in [1.54, 1.807) is 31.2 Å². The van der Waals surface area contributed by atoms with E-state index in [9.17, 15) is 13.2 Å². The Balaban J connectivity index is 3.11. The summed E-state index contributed by atoms with van der Waals surface area (Å²) >= 11 is 0. The molecule has 0 heterocycles. The number of benzene rings is 1. The molecule has 6 heteroatoms. The number of carboxylic acids is 1. The Kier molecular flexibility index (Phi) is 5.56. The Morgan fingerprint density at radius 2 is 1.90 bits per heavy atom. The molecule has 0 radical (unpaired) electrons. The average molecular weight is 299 g/mol. The van der Waals surface area contributed by atoms with E-state index >= 15 is 0 Å². The second kappa shape index (κ2) is 6.74. The first-order chi connectivity index (χ1) is 9.27. The van der Waals surface area contributed by atoms with Crippen molar-refractivity contribution >= 4 is 21.5 Å². The van der Waals surface area contributed by atoms with Gasteiger partial charge in [-0.05, 0) is 18.1 Å². The van der Waals surface area contributed by atoms with Gasteiger partial charge in [-0.15, -0.1) is 0 Å². The summed E-state index contributed by atoms with van der Waals surface area (Å²) < 4.78 is 24.1. The first-order valence-electron chi connectivity index (χ1n) is 6.58. The zero-order chi connectivity index (χ0) is 15.3. The molecule has 0 saturated heterocycles. The number of hydrogen-bond acceptors (Lipinski definition) is 4. The molecular weight excluding hydrogens is 278 g/mol. The molecule has 0 bridgehead atoms. The molecular formula is C14H21NO4S. The zero-order valence-electron chi connectivity index (χ0n) is 12.0. The van der Waals surface area contributed by atoms with Crippen molar-refractivity contribution in [3.05, 3.63) is 24.3 Å². The van der Waals surface area contributed by atoms with Crippen molar-refractivity contribution in [1.82, 2.24) is 0 Å². The molecule has 1 aromatic carbocycles. The van der Waals surface area contributed by atoms with E-state index in [0.717, 1.165) is 0 Å². The molecule has 20 heavy (non-hydrogen) atoms. The third-order valence-electron chi connectivity index (χ3n) is 3.14. The van der Waals surface area contributed by atoms with Crippen molar-refractivity contribution in [3.63, 3.8) is 0 Å². The highest BCUT2D eigenvalue weighted by atomic mass is 32.2. The predicted octanol–water partition coefficient (Wildman–Crippen LogP) is 2.39. The van der Waals surface area contributed by atoms with Gasteiger partial charge in [0.15, 0.2) is 9.84 Å². The van der Waals surface area contributed by atoms with E-state index in [4.69, 9.17) is 5.11 Å². The van der Waals surface area contributed by atoms with Crippen LogP contribution in [0.15, 0.2) is 29.2 Å². The molecule has 2 N–H and O–H groups in total. The third kappa shape index (κ3) is 4.23. The highest BCUT2D eigenvalue weighted by Crippen LogP contribution is 2.24. The summed E-state index contributed by atoms with van der Waals surface area (Å²) in [5.41, 5.74) is 0.467. The number of para-hydroxylation sites is 1. The molecule has 112 valence electrons. The summed E-state index contributed by atoms with van der Waals surface area (Å²) in [6, 6.07) is 6.28. The summed E-state index contributed by atoms with van der Waals surface area (Å²) in [6.45, 7) is 5.39. The van der Waals surface area contributed by atoms with Crippen LogP contribution in [0.1, 0.15) is 27.2 Å². The molecule has 1 unspecified atom stereocenters. The maximum absolute atomic E-state index is 12.0. The van der Waals surface area contributed by atoms with Gasteiger partial charge in [-0.3, -0.25) is 4.79 Å². The van der Waals surface area contributed by atoms with E-state index < -0.39 is 15.8 Å². The highest BCUT2D eigenvalue weighted by Gasteiger charge is 2.21. The standard InChI is InChI=1S/C14H21NO4S/c1-4-20(18,19)13-8-6-5-7-11(13)15-12(10(2)3)9-14(16)17/h5-8,10,12,15H,4,9H2,1-3H3,(H,16,17). The van der Waals surface area contributed by atoms with E-state index in [1.165, 1.54) is 0 Å².